The molecule has 1 atom stereocenters. The third-order valence-electron chi connectivity index (χ3n) is 5.82. The number of ether oxygens (including phenoxy) is 3. The van der Waals surface area contributed by atoms with Crippen LogP contribution in [0.25, 0.3) is 22.0 Å². The number of carboxylic acid groups (broad SMARTS) is 1. The average Bonchev–Trinajstić information content (AvgIpc) is 3.10. The summed E-state index contributed by atoms with van der Waals surface area (Å²) in [7, 11) is 1.54. The van der Waals surface area contributed by atoms with Crippen LogP contribution in [0.3, 0.4) is 0 Å². The molecule has 0 radical (unpaired) electrons. The van der Waals surface area contributed by atoms with E-state index in [1.807, 2.05) is 17.6 Å². The number of carbonyl (C=O) groups is 1. The second kappa shape index (κ2) is 9.85. The first-order chi connectivity index (χ1) is 17.1. The fourth-order valence-corrected chi connectivity index (χ4v) is 4.17. The zero-order valence-corrected chi connectivity index (χ0v) is 19.8. The molecule has 3 aromatic carbocycles. The summed E-state index contributed by atoms with van der Waals surface area (Å²) in [6.45, 7) is 3.58. The zero-order valence-electron chi connectivity index (χ0n) is 19.8. The Labute approximate surface area is 205 Å². The maximum Gasteiger partial charge on any atom is 0.573 e. The van der Waals surface area contributed by atoms with Gasteiger partial charge in [0.25, 0.3) is 0 Å². The molecule has 1 aromatic heterocycles. The highest BCUT2D eigenvalue weighted by molar-refractivity contribution is 6.02. The van der Waals surface area contributed by atoms with Crippen LogP contribution in [-0.2, 0) is 11.3 Å². The Morgan fingerprint density at radius 2 is 1.72 bits per heavy atom. The van der Waals surface area contributed by atoms with Gasteiger partial charge in [-0.2, -0.15) is 0 Å². The van der Waals surface area contributed by atoms with Gasteiger partial charge in [0.15, 0.2) is 6.10 Å². The molecule has 1 N–H and O–H groups in total. The van der Waals surface area contributed by atoms with Crippen molar-refractivity contribution in [3.63, 3.8) is 0 Å². The van der Waals surface area contributed by atoms with Crippen molar-refractivity contribution in [1.29, 1.82) is 0 Å². The van der Waals surface area contributed by atoms with E-state index in [9.17, 15) is 18.0 Å². The Morgan fingerprint density at radius 1 is 1.03 bits per heavy atom. The number of rotatable bonds is 8. The van der Waals surface area contributed by atoms with Gasteiger partial charge in [-0.1, -0.05) is 30.3 Å². The minimum absolute atomic E-state index is 0.292. The van der Waals surface area contributed by atoms with Gasteiger partial charge in [-0.05, 0) is 61.4 Å². The number of nitrogens with zero attached hydrogens (tertiary/aromatic N) is 1. The first-order valence-corrected chi connectivity index (χ1v) is 11.1. The molecular formula is C27H24F3NO5. The number of aromatic nitrogens is 1. The molecule has 0 unspecified atom stereocenters. The summed E-state index contributed by atoms with van der Waals surface area (Å²) in [6, 6.07) is 18.6. The van der Waals surface area contributed by atoms with E-state index in [1.165, 1.54) is 26.2 Å². The Morgan fingerprint density at radius 3 is 2.36 bits per heavy atom. The molecule has 6 nitrogen and oxygen atoms in total. The maximum absolute atomic E-state index is 13.3. The third-order valence-corrected chi connectivity index (χ3v) is 5.82. The highest BCUT2D eigenvalue weighted by Crippen LogP contribution is 2.42. The van der Waals surface area contributed by atoms with Crippen molar-refractivity contribution in [3.8, 4) is 28.4 Å². The standard InChI is InChI=1S/C27H24F3NO5/c1-16-24(19-10-12-20(34-3)13-11-19)25-22(8-5-9-23(25)36-27(28,29)30)31(16)15-18-6-4-7-21(14-18)35-17(2)26(32)33/h4-14,17H,15H2,1-3H3,(H,32,33)/t17-/m1/s1. The molecule has 4 aromatic rings. The van der Waals surface area contributed by atoms with Crippen LogP contribution in [0.1, 0.15) is 18.2 Å². The first kappa shape index (κ1) is 25.0. The Hall–Kier alpha value is -4.14. The summed E-state index contributed by atoms with van der Waals surface area (Å²) in [4.78, 5) is 11.2. The molecule has 0 bridgehead atoms. The Balaban J connectivity index is 1.85. The van der Waals surface area contributed by atoms with Crippen molar-refractivity contribution in [1.82, 2.24) is 4.57 Å². The van der Waals surface area contributed by atoms with Crippen LogP contribution in [0.15, 0.2) is 66.7 Å². The molecule has 4 rings (SSSR count). The van der Waals surface area contributed by atoms with E-state index < -0.39 is 18.4 Å². The van der Waals surface area contributed by atoms with E-state index in [1.54, 1.807) is 48.5 Å². The van der Waals surface area contributed by atoms with Gasteiger partial charge in [-0.15, -0.1) is 13.2 Å². The van der Waals surface area contributed by atoms with Gasteiger partial charge >= 0.3 is 12.3 Å². The number of hydrogen-bond donors (Lipinski definition) is 1. The lowest BCUT2D eigenvalue weighted by molar-refractivity contribution is -0.274. The second-order valence-electron chi connectivity index (χ2n) is 8.22. The van der Waals surface area contributed by atoms with Gasteiger partial charge < -0.3 is 23.9 Å². The number of benzene rings is 3. The van der Waals surface area contributed by atoms with Gasteiger partial charge in [0, 0.05) is 17.8 Å². The Kier molecular flexibility index (Phi) is 6.83. The van der Waals surface area contributed by atoms with E-state index in [4.69, 9.17) is 14.6 Å². The zero-order chi connectivity index (χ0) is 26.0. The van der Waals surface area contributed by atoms with Crippen molar-refractivity contribution in [2.75, 3.05) is 7.11 Å². The van der Waals surface area contributed by atoms with Crippen LogP contribution in [-0.4, -0.2) is 35.2 Å². The summed E-state index contributed by atoms with van der Waals surface area (Å²) >= 11 is 0. The van der Waals surface area contributed by atoms with E-state index in [2.05, 4.69) is 4.74 Å². The lowest BCUT2D eigenvalue weighted by Gasteiger charge is -2.13. The molecule has 0 aliphatic rings. The molecule has 0 saturated heterocycles. The van der Waals surface area contributed by atoms with Crippen LogP contribution in [0.2, 0.25) is 0 Å². The van der Waals surface area contributed by atoms with Crippen LogP contribution in [0.5, 0.6) is 17.2 Å². The topological polar surface area (TPSA) is 69.9 Å². The number of halogens is 3. The molecule has 0 fully saturated rings. The number of hydrogen-bond acceptors (Lipinski definition) is 4. The maximum atomic E-state index is 13.3. The molecule has 188 valence electrons. The van der Waals surface area contributed by atoms with Gasteiger partial charge in [0.1, 0.15) is 17.2 Å². The molecule has 0 aliphatic heterocycles. The van der Waals surface area contributed by atoms with Crippen molar-refractivity contribution in [2.45, 2.75) is 32.9 Å². The summed E-state index contributed by atoms with van der Waals surface area (Å²) in [5.41, 5.74) is 3.40. The van der Waals surface area contributed by atoms with Crippen molar-refractivity contribution in [2.24, 2.45) is 0 Å². The molecule has 36 heavy (non-hydrogen) atoms. The number of methoxy groups -OCH3 is 1. The average molecular weight is 499 g/mol. The van der Waals surface area contributed by atoms with Crippen LogP contribution in [0.4, 0.5) is 13.2 Å². The molecule has 0 spiro atoms. The molecule has 0 saturated carbocycles. The van der Waals surface area contributed by atoms with Crippen molar-refractivity contribution in [3.05, 3.63) is 78.0 Å². The van der Waals surface area contributed by atoms with E-state index >= 15 is 0 Å². The second-order valence-corrected chi connectivity index (χ2v) is 8.22. The predicted molar refractivity (Wildman–Crippen MR) is 129 cm³/mol. The third kappa shape index (κ3) is 5.25. The number of carboxylic acids is 1. The minimum Gasteiger partial charge on any atom is -0.497 e. The number of alkyl halides is 3. The lowest BCUT2D eigenvalue weighted by Crippen LogP contribution is -2.22. The van der Waals surface area contributed by atoms with E-state index in [-0.39, 0.29) is 5.75 Å². The van der Waals surface area contributed by atoms with Crippen LogP contribution >= 0.6 is 0 Å². The molecular weight excluding hydrogens is 475 g/mol. The van der Waals surface area contributed by atoms with Crippen molar-refractivity contribution < 1.29 is 37.3 Å². The molecule has 9 heteroatoms. The normalized spacial score (nSPS) is 12.4. The smallest absolute Gasteiger partial charge is 0.497 e. The first-order valence-electron chi connectivity index (χ1n) is 11.1. The minimum atomic E-state index is -4.85. The quantitative estimate of drug-likeness (QED) is 0.303. The number of fused-ring (bicyclic) bond motifs is 1. The molecule has 0 aliphatic carbocycles. The lowest BCUT2D eigenvalue weighted by atomic mass is 10.0. The van der Waals surface area contributed by atoms with Gasteiger partial charge in [-0.25, -0.2) is 4.79 Å². The van der Waals surface area contributed by atoms with Gasteiger partial charge in [0.05, 0.1) is 18.0 Å². The van der Waals surface area contributed by atoms with Crippen LogP contribution < -0.4 is 14.2 Å². The highest BCUT2D eigenvalue weighted by atomic mass is 19.4. The molecule has 0 amide bonds. The fraction of sp³-hybridized carbons (Fsp3) is 0.222. The largest absolute Gasteiger partial charge is 0.573 e. The van der Waals surface area contributed by atoms with Crippen molar-refractivity contribution >= 4 is 16.9 Å². The van der Waals surface area contributed by atoms with Gasteiger partial charge in [0.2, 0.25) is 0 Å². The summed E-state index contributed by atoms with van der Waals surface area (Å²) in [6.07, 6.45) is -5.88. The predicted octanol–water partition coefficient (Wildman–Crippen LogP) is 6.42. The Bertz CT molecular complexity index is 1390. The molecule has 1 heterocycles. The monoisotopic (exact) mass is 499 g/mol. The van der Waals surface area contributed by atoms with E-state index in [0.717, 1.165) is 11.3 Å². The SMILES string of the molecule is COc1ccc(-c2c(C)n(Cc3cccc(O[C@H](C)C(=O)O)c3)c3cccc(OC(F)(F)F)c23)cc1. The van der Waals surface area contributed by atoms with E-state index in [0.29, 0.717) is 40.1 Å². The summed E-state index contributed by atoms with van der Waals surface area (Å²) in [5, 5.41) is 9.46. The summed E-state index contributed by atoms with van der Waals surface area (Å²) < 4.78 is 56.8. The fourth-order valence-electron chi connectivity index (χ4n) is 4.17. The van der Waals surface area contributed by atoms with Gasteiger partial charge in [-0.3, -0.25) is 0 Å². The van der Waals surface area contributed by atoms with Crippen LogP contribution in [0, 0.1) is 6.92 Å². The summed E-state index contributed by atoms with van der Waals surface area (Å²) in [5.74, 6) is -0.374. The number of aliphatic carboxylic acids is 1. The highest BCUT2D eigenvalue weighted by Gasteiger charge is 2.33.